The number of nitrogens with zero attached hydrogens (tertiary/aromatic N) is 3. The Bertz CT molecular complexity index is 1200. The molecule has 0 fully saturated rings. The van der Waals surface area contributed by atoms with E-state index < -0.39 is 17.2 Å². The van der Waals surface area contributed by atoms with Crippen molar-refractivity contribution < 1.29 is 19.0 Å². The second kappa shape index (κ2) is 6.43. The number of benzene rings is 1. The van der Waals surface area contributed by atoms with Crippen LogP contribution in [0, 0.1) is 11.2 Å². The third-order valence-corrected chi connectivity index (χ3v) is 5.33. The molecule has 152 valence electrons. The van der Waals surface area contributed by atoms with E-state index in [9.17, 15) is 14.7 Å². The zero-order valence-electron chi connectivity index (χ0n) is 16.7. The average Bonchev–Trinajstić information content (AvgIpc) is 3.03. The molecule has 4 rings (SSSR count). The summed E-state index contributed by atoms with van der Waals surface area (Å²) < 4.78 is 23.7. The van der Waals surface area contributed by atoms with Crippen LogP contribution in [0.15, 0.2) is 29.2 Å². The predicted molar refractivity (Wildman–Crippen MR) is 106 cm³/mol. The van der Waals surface area contributed by atoms with Crippen LogP contribution < -0.4 is 5.43 Å². The van der Waals surface area contributed by atoms with Gasteiger partial charge in [-0.1, -0.05) is 32.9 Å². The molecular weight excluding hydrogens is 377 g/mol. The summed E-state index contributed by atoms with van der Waals surface area (Å²) in [6.07, 6.45) is 1.39. The minimum atomic E-state index is -1.03. The molecule has 7 nitrogen and oxygen atoms in total. The Morgan fingerprint density at radius 2 is 2.07 bits per heavy atom. The zero-order valence-corrected chi connectivity index (χ0v) is 16.7. The third-order valence-electron chi connectivity index (χ3n) is 5.33. The van der Waals surface area contributed by atoms with Crippen LogP contribution in [0.4, 0.5) is 4.39 Å². The van der Waals surface area contributed by atoms with Crippen molar-refractivity contribution in [3.8, 4) is 17.1 Å². The second-order valence-corrected chi connectivity index (χ2v) is 8.25. The summed E-state index contributed by atoms with van der Waals surface area (Å²) in [6.45, 7) is 8.08. The first kappa shape index (κ1) is 19.2. The van der Waals surface area contributed by atoms with E-state index in [1.807, 2.05) is 20.8 Å². The highest BCUT2D eigenvalue weighted by atomic mass is 19.1. The number of aromatic hydroxyl groups is 1. The van der Waals surface area contributed by atoms with Crippen molar-refractivity contribution in [1.29, 1.82) is 0 Å². The molecule has 0 radical (unpaired) electrons. The van der Waals surface area contributed by atoms with Gasteiger partial charge in [-0.15, -0.1) is 0 Å². The fourth-order valence-corrected chi connectivity index (χ4v) is 3.89. The highest BCUT2D eigenvalue weighted by Gasteiger charge is 2.38. The van der Waals surface area contributed by atoms with Crippen LogP contribution in [0.3, 0.4) is 0 Å². The molecular formula is C21H22FN3O4. The van der Waals surface area contributed by atoms with Gasteiger partial charge < -0.3 is 14.4 Å². The molecule has 29 heavy (non-hydrogen) atoms. The maximum Gasteiger partial charge on any atom is 0.343 e. The van der Waals surface area contributed by atoms with Crippen LogP contribution in [0.1, 0.15) is 44.1 Å². The number of hydrogen-bond donors (Lipinski definition) is 1. The summed E-state index contributed by atoms with van der Waals surface area (Å²) in [6, 6.07) is 4.59. The lowest BCUT2D eigenvalue weighted by Crippen LogP contribution is -2.37. The SMILES string of the molecule is CCOC(=O)c1cn2c(c(F)c1=O)-c1c3cccc(O)c3nn1CC2C(C)(C)C. The summed E-state index contributed by atoms with van der Waals surface area (Å²) in [5, 5.41) is 15.2. The number of aromatic nitrogens is 3. The summed E-state index contributed by atoms with van der Waals surface area (Å²) in [7, 11) is 0. The van der Waals surface area contributed by atoms with Crippen LogP contribution in [0.5, 0.6) is 5.75 Å². The average molecular weight is 399 g/mol. The molecule has 1 aromatic carbocycles. The number of esters is 1. The molecule has 0 amide bonds. The molecule has 0 saturated carbocycles. The van der Waals surface area contributed by atoms with Gasteiger partial charge in [-0.05, 0) is 18.4 Å². The first-order valence-corrected chi connectivity index (χ1v) is 9.45. The van der Waals surface area contributed by atoms with Gasteiger partial charge in [-0.2, -0.15) is 5.10 Å². The molecule has 1 atom stereocenters. The molecule has 0 saturated heterocycles. The van der Waals surface area contributed by atoms with Gasteiger partial charge in [0.2, 0.25) is 5.43 Å². The first-order valence-electron chi connectivity index (χ1n) is 9.45. The van der Waals surface area contributed by atoms with Crippen molar-refractivity contribution in [2.45, 2.75) is 40.3 Å². The number of rotatable bonds is 2. The van der Waals surface area contributed by atoms with Gasteiger partial charge in [0.1, 0.15) is 22.5 Å². The van der Waals surface area contributed by atoms with E-state index in [0.717, 1.165) is 0 Å². The van der Waals surface area contributed by atoms with Crippen LogP contribution >= 0.6 is 0 Å². The van der Waals surface area contributed by atoms with Gasteiger partial charge in [0.05, 0.1) is 24.9 Å². The molecule has 1 N–H and O–H groups in total. The minimum absolute atomic E-state index is 0.0193. The monoisotopic (exact) mass is 399 g/mol. The second-order valence-electron chi connectivity index (χ2n) is 8.25. The normalized spacial score (nSPS) is 15.8. The quantitative estimate of drug-likeness (QED) is 0.667. The Balaban J connectivity index is 2.10. The Labute approximate surface area is 166 Å². The zero-order chi connectivity index (χ0) is 21.1. The third kappa shape index (κ3) is 2.82. The lowest BCUT2D eigenvalue weighted by Gasteiger charge is -2.38. The van der Waals surface area contributed by atoms with Crippen molar-refractivity contribution >= 4 is 16.9 Å². The highest BCUT2D eigenvalue weighted by molar-refractivity contribution is 5.96. The number of fused-ring (bicyclic) bond motifs is 5. The standard InChI is InChI=1S/C21H22FN3O4/c1-5-29-20(28)12-9-24-14(21(2,3)4)10-25-17(18(24)15(22)19(12)27)11-7-6-8-13(26)16(11)23-25/h6-9,14,26H,5,10H2,1-4H3. The topological polar surface area (TPSA) is 86.3 Å². The van der Waals surface area contributed by atoms with E-state index in [4.69, 9.17) is 4.74 Å². The first-order chi connectivity index (χ1) is 13.6. The van der Waals surface area contributed by atoms with Crippen molar-refractivity contribution in [3.63, 3.8) is 0 Å². The van der Waals surface area contributed by atoms with Gasteiger partial charge in [0.15, 0.2) is 5.82 Å². The maximum absolute atomic E-state index is 15.4. The van der Waals surface area contributed by atoms with Crippen molar-refractivity contribution in [2.75, 3.05) is 6.61 Å². The summed E-state index contributed by atoms with van der Waals surface area (Å²) >= 11 is 0. The minimum Gasteiger partial charge on any atom is -0.506 e. The van der Waals surface area contributed by atoms with E-state index in [1.165, 1.54) is 12.3 Å². The van der Waals surface area contributed by atoms with E-state index in [0.29, 0.717) is 23.1 Å². The van der Waals surface area contributed by atoms with Gasteiger partial charge >= 0.3 is 5.97 Å². The summed E-state index contributed by atoms with van der Waals surface area (Å²) in [4.78, 5) is 24.9. The van der Waals surface area contributed by atoms with Gasteiger partial charge in [-0.25, -0.2) is 9.18 Å². The van der Waals surface area contributed by atoms with Crippen molar-refractivity contribution in [3.05, 3.63) is 46.0 Å². The molecule has 2 aromatic heterocycles. The van der Waals surface area contributed by atoms with Crippen LogP contribution in [0.25, 0.3) is 22.3 Å². The van der Waals surface area contributed by atoms with Gasteiger partial charge in [0.25, 0.3) is 0 Å². The fourth-order valence-electron chi connectivity index (χ4n) is 3.89. The summed E-state index contributed by atoms with van der Waals surface area (Å²) in [5.41, 5.74) is -0.874. The number of ether oxygens (including phenoxy) is 1. The maximum atomic E-state index is 15.4. The lowest BCUT2D eigenvalue weighted by molar-refractivity contribution is 0.0521. The van der Waals surface area contributed by atoms with E-state index in [2.05, 4.69) is 5.10 Å². The van der Waals surface area contributed by atoms with Gasteiger partial charge in [-0.3, -0.25) is 9.48 Å². The number of phenols is 1. The fraction of sp³-hybridized carbons (Fsp3) is 0.381. The number of carbonyl (C=O) groups excluding carboxylic acids is 1. The Kier molecular flexibility index (Phi) is 4.25. The Morgan fingerprint density at radius 3 is 2.72 bits per heavy atom. The number of hydrogen-bond acceptors (Lipinski definition) is 5. The molecule has 3 aromatic rings. The molecule has 1 unspecified atom stereocenters. The van der Waals surface area contributed by atoms with Crippen molar-refractivity contribution in [2.24, 2.45) is 5.41 Å². The van der Waals surface area contributed by atoms with Crippen LogP contribution in [-0.4, -0.2) is 32.0 Å². The molecule has 1 aliphatic rings. The van der Waals surface area contributed by atoms with Crippen molar-refractivity contribution in [1.82, 2.24) is 14.3 Å². The van der Waals surface area contributed by atoms with E-state index in [1.54, 1.807) is 28.3 Å². The molecule has 3 heterocycles. The number of halogens is 1. The van der Waals surface area contributed by atoms with Crippen LogP contribution in [-0.2, 0) is 11.3 Å². The Hall–Kier alpha value is -3.16. The smallest absolute Gasteiger partial charge is 0.343 e. The lowest BCUT2D eigenvalue weighted by atomic mass is 9.84. The predicted octanol–water partition coefficient (Wildman–Crippen LogP) is 3.49. The molecule has 0 spiro atoms. The Morgan fingerprint density at radius 1 is 1.34 bits per heavy atom. The number of carbonyl (C=O) groups is 1. The molecule has 0 bridgehead atoms. The molecule has 8 heteroatoms. The van der Waals surface area contributed by atoms with Crippen LogP contribution in [0.2, 0.25) is 0 Å². The van der Waals surface area contributed by atoms with E-state index in [-0.39, 0.29) is 35.1 Å². The van der Waals surface area contributed by atoms with E-state index >= 15 is 4.39 Å². The number of phenolic OH excluding ortho intramolecular Hbond substituents is 1. The summed E-state index contributed by atoms with van der Waals surface area (Å²) in [5.74, 6) is -1.90. The molecule has 1 aliphatic heterocycles. The van der Waals surface area contributed by atoms with Gasteiger partial charge in [0, 0.05) is 11.6 Å². The highest BCUT2D eigenvalue weighted by Crippen LogP contribution is 2.43. The number of pyridine rings is 1. The largest absolute Gasteiger partial charge is 0.506 e. The molecule has 0 aliphatic carbocycles.